The minimum absolute atomic E-state index is 0.308. The largest absolute Gasteiger partial charge is 0.481 e. The van der Waals surface area contributed by atoms with Gasteiger partial charge in [-0.3, -0.25) is 15.3 Å². The molecule has 1 atom stereocenters. The van der Waals surface area contributed by atoms with Gasteiger partial charge in [0.05, 0.1) is 0 Å². The molecule has 2 aromatic carbocycles. The summed E-state index contributed by atoms with van der Waals surface area (Å²) in [6.45, 7) is 1.67. The van der Waals surface area contributed by atoms with E-state index in [1.807, 2.05) is 54.6 Å². The first-order valence-corrected chi connectivity index (χ1v) is 7.79. The summed E-state index contributed by atoms with van der Waals surface area (Å²) in [6.07, 6.45) is 0.714. The normalized spacial score (nSPS) is 11.7. The number of carbonyl (C=O) groups is 1. The summed E-state index contributed by atoms with van der Waals surface area (Å²) in [5.74, 6) is 0.299. The van der Waals surface area contributed by atoms with Crippen LogP contribution in [0.25, 0.3) is 11.1 Å². The summed E-state index contributed by atoms with van der Waals surface area (Å²) < 4.78 is 7.30. The number of amides is 1. The number of benzene rings is 2. The highest BCUT2D eigenvalue weighted by Crippen LogP contribution is 2.22. The number of nitrogens with one attached hydrogen (secondary N) is 2. The van der Waals surface area contributed by atoms with Gasteiger partial charge in [-0.25, -0.2) is 4.68 Å². The second-order valence-electron chi connectivity index (χ2n) is 5.16. The van der Waals surface area contributed by atoms with Gasteiger partial charge in [0.1, 0.15) is 12.1 Å². The predicted octanol–water partition coefficient (Wildman–Crippen LogP) is 3.15. The molecule has 0 spiro atoms. The Balaban J connectivity index is 1.64. The van der Waals surface area contributed by atoms with Crippen LogP contribution in [-0.4, -0.2) is 26.9 Å². The zero-order valence-corrected chi connectivity index (χ0v) is 13.8. The van der Waals surface area contributed by atoms with E-state index in [1.165, 1.54) is 11.0 Å². The third-order valence-corrected chi connectivity index (χ3v) is 3.71. The van der Waals surface area contributed by atoms with Crippen LogP contribution in [0.3, 0.4) is 0 Å². The number of H-pyrrole nitrogens is 1. The van der Waals surface area contributed by atoms with Crippen molar-refractivity contribution in [3.8, 4) is 16.9 Å². The van der Waals surface area contributed by atoms with Gasteiger partial charge in [0.25, 0.3) is 5.91 Å². The molecule has 0 aliphatic carbocycles. The lowest BCUT2D eigenvalue weighted by atomic mass is 10.1. The van der Waals surface area contributed by atoms with E-state index in [-0.39, 0.29) is 5.91 Å². The SMILES string of the molecule is CC(Oc1ccc(-c2ccccc2)cc1)C(=O)Nn1cn[nH]c1=S. The second kappa shape index (κ2) is 7.10. The van der Waals surface area contributed by atoms with Crippen LogP contribution in [0.5, 0.6) is 5.75 Å². The van der Waals surface area contributed by atoms with Gasteiger partial charge in [0.2, 0.25) is 4.77 Å². The van der Waals surface area contributed by atoms with Crippen molar-refractivity contribution in [3.63, 3.8) is 0 Å². The predicted molar refractivity (Wildman–Crippen MR) is 93.7 cm³/mol. The topological polar surface area (TPSA) is 71.9 Å². The van der Waals surface area contributed by atoms with E-state index in [4.69, 9.17) is 17.0 Å². The highest BCUT2D eigenvalue weighted by molar-refractivity contribution is 7.71. The minimum Gasteiger partial charge on any atom is -0.481 e. The molecule has 3 aromatic rings. The number of aromatic amines is 1. The molecule has 1 aromatic heterocycles. The summed E-state index contributed by atoms with van der Waals surface area (Å²) in [6, 6.07) is 17.7. The van der Waals surface area contributed by atoms with E-state index in [0.29, 0.717) is 10.5 Å². The van der Waals surface area contributed by atoms with Gasteiger partial charge in [0, 0.05) is 0 Å². The summed E-state index contributed by atoms with van der Waals surface area (Å²) in [4.78, 5) is 12.1. The molecule has 0 aliphatic heterocycles. The third kappa shape index (κ3) is 3.69. The Labute approximate surface area is 144 Å². The smallest absolute Gasteiger partial charge is 0.279 e. The van der Waals surface area contributed by atoms with Gasteiger partial charge in [-0.05, 0) is 42.4 Å². The van der Waals surface area contributed by atoms with Crippen molar-refractivity contribution in [1.82, 2.24) is 14.9 Å². The van der Waals surface area contributed by atoms with Crippen LogP contribution < -0.4 is 10.2 Å². The van der Waals surface area contributed by atoms with E-state index >= 15 is 0 Å². The molecule has 3 rings (SSSR count). The summed E-state index contributed by atoms with van der Waals surface area (Å²) >= 11 is 4.97. The summed E-state index contributed by atoms with van der Waals surface area (Å²) in [5.41, 5.74) is 4.82. The van der Waals surface area contributed by atoms with E-state index in [9.17, 15) is 4.79 Å². The Morgan fingerprint density at radius 2 is 1.83 bits per heavy atom. The fourth-order valence-corrected chi connectivity index (χ4v) is 2.30. The fraction of sp³-hybridized carbons (Fsp3) is 0.118. The summed E-state index contributed by atoms with van der Waals surface area (Å²) in [7, 11) is 0. The van der Waals surface area contributed by atoms with Crippen molar-refractivity contribution >= 4 is 18.1 Å². The van der Waals surface area contributed by atoms with Crippen LogP contribution in [0.15, 0.2) is 60.9 Å². The summed E-state index contributed by atoms with van der Waals surface area (Å²) in [5, 5.41) is 6.29. The molecule has 1 heterocycles. The Hall–Kier alpha value is -2.93. The molecule has 1 amide bonds. The first-order valence-electron chi connectivity index (χ1n) is 7.38. The van der Waals surface area contributed by atoms with Gasteiger partial charge >= 0.3 is 0 Å². The monoisotopic (exact) mass is 340 g/mol. The molecule has 0 fully saturated rings. The molecule has 0 aliphatic rings. The molecule has 0 saturated carbocycles. The molecule has 1 unspecified atom stereocenters. The number of carbonyl (C=O) groups excluding carboxylic acids is 1. The zero-order valence-electron chi connectivity index (χ0n) is 13.0. The van der Waals surface area contributed by atoms with Gasteiger partial charge in [0.15, 0.2) is 6.10 Å². The van der Waals surface area contributed by atoms with Crippen LogP contribution in [-0.2, 0) is 4.79 Å². The Kier molecular flexibility index (Phi) is 4.72. The molecular formula is C17H16N4O2S. The molecule has 24 heavy (non-hydrogen) atoms. The van der Waals surface area contributed by atoms with Crippen LogP contribution in [0.2, 0.25) is 0 Å². The molecule has 122 valence electrons. The number of rotatable bonds is 5. The highest BCUT2D eigenvalue weighted by atomic mass is 32.1. The highest BCUT2D eigenvalue weighted by Gasteiger charge is 2.15. The molecule has 0 saturated heterocycles. The zero-order chi connectivity index (χ0) is 16.9. The maximum atomic E-state index is 12.1. The van der Waals surface area contributed by atoms with Crippen LogP contribution in [0, 0.1) is 4.77 Å². The van der Waals surface area contributed by atoms with Gasteiger partial charge in [-0.15, -0.1) is 0 Å². The standard InChI is InChI=1S/C17H16N4O2S/c1-12(16(22)20-21-11-18-19-17(21)24)23-15-9-7-14(8-10-15)13-5-3-2-4-6-13/h2-12H,1H3,(H,19,24)(H,20,22). The second-order valence-corrected chi connectivity index (χ2v) is 5.54. The van der Waals surface area contributed by atoms with E-state index in [1.54, 1.807) is 6.92 Å². The quantitative estimate of drug-likeness (QED) is 0.700. The number of hydrogen-bond donors (Lipinski definition) is 2. The lowest BCUT2D eigenvalue weighted by Gasteiger charge is -2.15. The molecule has 6 nitrogen and oxygen atoms in total. The minimum atomic E-state index is -0.677. The van der Waals surface area contributed by atoms with Gasteiger partial charge < -0.3 is 4.74 Å². The lowest BCUT2D eigenvalue weighted by Crippen LogP contribution is -2.34. The van der Waals surface area contributed by atoms with Crippen molar-refractivity contribution < 1.29 is 9.53 Å². The first-order chi connectivity index (χ1) is 11.6. The van der Waals surface area contributed by atoms with Gasteiger partial charge in [-0.2, -0.15) is 5.10 Å². The van der Waals surface area contributed by atoms with Crippen LogP contribution in [0.1, 0.15) is 6.92 Å². The Morgan fingerprint density at radius 3 is 2.46 bits per heavy atom. The maximum absolute atomic E-state index is 12.1. The van der Waals surface area contributed by atoms with Crippen molar-refractivity contribution in [2.24, 2.45) is 0 Å². The molecule has 0 radical (unpaired) electrons. The van der Waals surface area contributed by atoms with Crippen molar-refractivity contribution in [2.45, 2.75) is 13.0 Å². The van der Waals surface area contributed by atoms with Crippen molar-refractivity contribution in [2.75, 3.05) is 5.43 Å². The Morgan fingerprint density at radius 1 is 1.17 bits per heavy atom. The molecule has 0 bridgehead atoms. The van der Waals surface area contributed by atoms with Crippen molar-refractivity contribution in [3.05, 3.63) is 65.7 Å². The first kappa shape index (κ1) is 15.9. The number of ether oxygens (including phenoxy) is 1. The van der Waals surface area contributed by atoms with E-state index in [2.05, 4.69) is 15.6 Å². The molecule has 2 N–H and O–H groups in total. The fourth-order valence-electron chi connectivity index (χ4n) is 2.15. The van der Waals surface area contributed by atoms with Gasteiger partial charge in [-0.1, -0.05) is 42.5 Å². The molecular weight excluding hydrogens is 324 g/mol. The number of hydrogen-bond acceptors (Lipinski definition) is 4. The van der Waals surface area contributed by atoms with Crippen LogP contribution >= 0.6 is 12.2 Å². The average molecular weight is 340 g/mol. The lowest BCUT2D eigenvalue weighted by molar-refractivity contribution is -0.123. The Bertz CT molecular complexity index is 871. The number of nitrogens with zero attached hydrogens (tertiary/aromatic N) is 2. The number of aromatic nitrogens is 3. The van der Waals surface area contributed by atoms with Crippen LogP contribution in [0.4, 0.5) is 0 Å². The third-order valence-electron chi connectivity index (χ3n) is 3.43. The molecule has 7 heteroatoms. The van der Waals surface area contributed by atoms with Crippen molar-refractivity contribution in [1.29, 1.82) is 0 Å². The van der Waals surface area contributed by atoms with E-state index < -0.39 is 6.10 Å². The maximum Gasteiger partial charge on any atom is 0.279 e. The van der Waals surface area contributed by atoms with E-state index in [0.717, 1.165) is 11.1 Å². The average Bonchev–Trinajstić information content (AvgIpc) is 3.01.